The first-order chi connectivity index (χ1) is 12.2. The van der Waals surface area contributed by atoms with Crippen LogP contribution in [-0.2, 0) is 11.2 Å². The van der Waals surface area contributed by atoms with Crippen LogP contribution in [0.5, 0.6) is 0 Å². The SMILES string of the molecule is CCc1nnc(Nc2cnc(C3CCCN(C(=O)CCCl)C3)cn2)s1. The Bertz CT molecular complexity index is 707. The lowest BCUT2D eigenvalue weighted by atomic mass is 9.95. The van der Waals surface area contributed by atoms with Crippen LogP contribution in [0.4, 0.5) is 10.9 Å². The van der Waals surface area contributed by atoms with E-state index in [-0.39, 0.29) is 11.8 Å². The summed E-state index contributed by atoms with van der Waals surface area (Å²) in [5, 5.41) is 13.0. The number of anilines is 2. The molecule has 25 heavy (non-hydrogen) atoms. The Morgan fingerprint density at radius 3 is 2.96 bits per heavy atom. The highest BCUT2D eigenvalue weighted by Gasteiger charge is 2.25. The van der Waals surface area contributed by atoms with Gasteiger partial charge < -0.3 is 10.2 Å². The number of piperidine rings is 1. The molecule has 1 atom stereocenters. The van der Waals surface area contributed by atoms with Crippen molar-refractivity contribution >= 4 is 39.8 Å². The summed E-state index contributed by atoms with van der Waals surface area (Å²) in [6.45, 7) is 3.54. The zero-order valence-electron chi connectivity index (χ0n) is 14.1. The van der Waals surface area contributed by atoms with Gasteiger partial charge in [0.1, 0.15) is 5.01 Å². The van der Waals surface area contributed by atoms with Crippen LogP contribution in [0.3, 0.4) is 0 Å². The Balaban J connectivity index is 1.62. The molecule has 0 radical (unpaired) electrons. The smallest absolute Gasteiger partial charge is 0.223 e. The second-order valence-corrected chi connectivity index (χ2v) is 7.36. The highest BCUT2D eigenvalue weighted by Crippen LogP contribution is 2.26. The van der Waals surface area contributed by atoms with Crippen molar-refractivity contribution in [2.45, 2.75) is 38.5 Å². The van der Waals surface area contributed by atoms with Gasteiger partial charge in [0, 0.05) is 31.3 Å². The summed E-state index contributed by atoms with van der Waals surface area (Å²) in [6, 6.07) is 0. The van der Waals surface area contributed by atoms with Crippen LogP contribution < -0.4 is 5.32 Å². The molecule has 0 aliphatic carbocycles. The van der Waals surface area contributed by atoms with Crippen molar-refractivity contribution in [3.05, 3.63) is 23.1 Å². The molecule has 9 heteroatoms. The van der Waals surface area contributed by atoms with Gasteiger partial charge in [0.25, 0.3) is 0 Å². The second-order valence-electron chi connectivity index (χ2n) is 5.92. The first kappa shape index (κ1) is 18.0. The third kappa shape index (κ3) is 4.64. The zero-order valence-corrected chi connectivity index (χ0v) is 15.7. The van der Waals surface area contributed by atoms with Crippen molar-refractivity contribution < 1.29 is 4.79 Å². The lowest BCUT2D eigenvalue weighted by Gasteiger charge is -2.32. The molecule has 1 unspecified atom stereocenters. The first-order valence-corrected chi connectivity index (χ1v) is 9.79. The molecule has 0 bridgehead atoms. The van der Waals surface area contributed by atoms with Crippen molar-refractivity contribution in [1.82, 2.24) is 25.1 Å². The molecule has 1 fully saturated rings. The normalized spacial score (nSPS) is 17.5. The predicted molar refractivity (Wildman–Crippen MR) is 98.5 cm³/mol. The maximum atomic E-state index is 12.0. The molecule has 134 valence electrons. The molecule has 1 saturated heterocycles. The van der Waals surface area contributed by atoms with E-state index in [1.807, 2.05) is 11.8 Å². The van der Waals surface area contributed by atoms with E-state index in [0.717, 1.165) is 41.6 Å². The number of aromatic nitrogens is 4. The Morgan fingerprint density at radius 1 is 1.40 bits per heavy atom. The number of alkyl halides is 1. The van der Waals surface area contributed by atoms with Crippen LogP contribution in [0, 0.1) is 0 Å². The van der Waals surface area contributed by atoms with Crippen LogP contribution in [0.15, 0.2) is 12.4 Å². The summed E-state index contributed by atoms with van der Waals surface area (Å²) in [4.78, 5) is 22.9. The molecular weight excluding hydrogens is 360 g/mol. The van der Waals surface area contributed by atoms with E-state index in [1.165, 1.54) is 11.3 Å². The highest BCUT2D eigenvalue weighted by molar-refractivity contribution is 7.15. The number of hydrogen-bond donors (Lipinski definition) is 1. The van der Waals surface area contributed by atoms with Gasteiger partial charge in [-0.3, -0.25) is 9.78 Å². The molecule has 7 nitrogen and oxygen atoms in total. The summed E-state index contributed by atoms with van der Waals surface area (Å²) >= 11 is 7.19. The van der Waals surface area contributed by atoms with E-state index in [1.54, 1.807) is 12.4 Å². The minimum atomic E-state index is 0.119. The quantitative estimate of drug-likeness (QED) is 0.775. The Hall–Kier alpha value is -1.80. The van der Waals surface area contributed by atoms with E-state index in [4.69, 9.17) is 11.6 Å². The molecule has 2 aromatic heterocycles. The largest absolute Gasteiger partial charge is 0.342 e. The van der Waals surface area contributed by atoms with Crippen molar-refractivity contribution in [3.63, 3.8) is 0 Å². The van der Waals surface area contributed by atoms with Gasteiger partial charge in [-0.05, 0) is 19.3 Å². The van der Waals surface area contributed by atoms with Crippen molar-refractivity contribution in [1.29, 1.82) is 0 Å². The fourth-order valence-electron chi connectivity index (χ4n) is 2.85. The van der Waals surface area contributed by atoms with E-state index in [9.17, 15) is 4.79 Å². The zero-order chi connectivity index (χ0) is 17.6. The van der Waals surface area contributed by atoms with Gasteiger partial charge in [0.2, 0.25) is 11.0 Å². The average Bonchev–Trinajstić information content (AvgIpc) is 3.10. The number of hydrogen-bond acceptors (Lipinski definition) is 7. The third-order valence-electron chi connectivity index (χ3n) is 4.18. The monoisotopic (exact) mass is 380 g/mol. The van der Waals surface area contributed by atoms with Gasteiger partial charge in [-0.15, -0.1) is 21.8 Å². The summed E-state index contributed by atoms with van der Waals surface area (Å²) in [7, 11) is 0. The number of nitrogens with zero attached hydrogens (tertiary/aromatic N) is 5. The number of amides is 1. The van der Waals surface area contributed by atoms with Crippen LogP contribution in [-0.4, -0.2) is 49.9 Å². The number of likely N-dealkylation sites (tertiary alicyclic amines) is 1. The molecule has 2 aromatic rings. The van der Waals surface area contributed by atoms with Crippen molar-refractivity contribution in [3.8, 4) is 0 Å². The molecule has 3 rings (SSSR count). The van der Waals surface area contributed by atoms with Crippen LogP contribution >= 0.6 is 22.9 Å². The minimum absolute atomic E-state index is 0.119. The van der Waals surface area contributed by atoms with Crippen LogP contribution in [0.2, 0.25) is 0 Å². The standard InChI is InChI=1S/C16H21ClN6OS/c1-2-14-21-22-16(25-14)20-13-9-18-12(8-19-13)11-4-3-7-23(10-11)15(24)5-6-17/h8-9,11H,2-7,10H2,1H3,(H,19,20,22). The van der Waals surface area contributed by atoms with Gasteiger partial charge in [0.15, 0.2) is 5.82 Å². The Labute approximate surface area is 155 Å². The summed E-state index contributed by atoms with van der Waals surface area (Å²) in [6.07, 6.45) is 6.74. The van der Waals surface area contributed by atoms with Gasteiger partial charge in [-0.2, -0.15) is 0 Å². The van der Waals surface area contributed by atoms with E-state index in [2.05, 4.69) is 25.5 Å². The van der Waals surface area contributed by atoms with Crippen molar-refractivity contribution in [2.75, 3.05) is 24.3 Å². The fourth-order valence-corrected chi connectivity index (χ4v) is 3.70. The molecule has 1 aliphatic heterocycles. The average molecular weight is 381 g/mol. The van der Waals surface area contributed by atoms with Gasteiger partial charge >= 0.3 is 0 Å². The summed E-state index contributed by atoms with van der Waals surface area (Å²) in [5.74, 6) is 1.36. The van der Waals surface area contributed by atoms with E-state index < -0.39 is 0 Å². The molecule has 0 spiro atoms. The highest BCUT2D eigenvalue weighted by atomic mass is 35.5. The molecule has 0 saturated carbocycles. The Kier molecular flexibility index (Phi) is 6.14. The van der Waals surface area contributed by atoms with Gasteiger partial charge in [-0.25, -0.2) is 4.98 Å². The molecule has 1 aliphatic rings. The number of carbonyl (C=O) groups is 1. The Morgan fingerprint density at radius 2 is 2.28 bits per heavy atom. The van der Waals surface area contributed by atoms with Gasteiger partial charge in [-0.1, -0.05) is 18.3 Å². The molecule has 1 N–H and O–H groups in total. The molecule has 0 aromatic carbocycles. The lowest BCUT2D eigenvalue weighted by molar-refractivity contribution is -0.132. The topological polar surface area (TPSA) is 83.9 Å². The molecule has 3 heterocycles. The first-order valence-electron chi connectivity index (χ1n) is 8.44. The van der Waals surface area contributed by atoms with Crippen molar-refractivity contribution in [2.24, 2.45) is 0 Å². The predicted octanol–water partition coefficient (Wildman–Crippen LogP) is 2.97. The van der Waals surface area contributed by atoms with E-state index >= 15 is 0 Å². The lowest BCUT2D eigenvalue weighted by Crippen LogP contribution is -2.39. The number of aryl methyl sites for hydroxylation is 1. The van der Waals surface area contributed by atoms with E-state index in [0.29, 0.717) is 24.7 Å². The summed E-state index contributed by atoms with van der Waals surface area (Å²) < 4.78 is 0. The molecule has 1 amide bonds. The number of halogens is 1. The minimum Gasteiger partial charge on any atom is -0.342 e. The van der Waals surface area contributed by atoms with Gasteiger partial charge in [0.05, 0.1) is 18.1 Å². The molecular formula is C16H21ClN6OS. The van der Waals surface area contributed by atoms with Crippen LogP contribution in [0.1, 0.15) is 42.8 Å². The number of nitrogens with one attached hydrogen (secondary N) is 1. The fraction of sp³-hybridized carbons (Fsp3) is 0.562. The maximum absolute atomic E-state index is 12.0. The van der Waals surface area contributed by atoms with Crippen LogP contribution in [0.25, 0.3) is 0 Å². The third-order valence-corrected chi connectivity index (χ3v) is 5.35. The summed E-state index contributed by atoms with van der Waals surface area (Å²) in [5.41, 5.74) is 0.917. The maximum Gasteiger partial charge on any atom is 0.223 e. The second kappa shape index (κ2) is 8.53. The number of carbonyl (C=O) groups excluding carboxylic acids is 1. The number of rotatable bonds is 6.